The van der Waals surface area contributed by atoms with Crippen molar-refractivity contribution < 1.29 is 0 Å². The average Bonchev–Trinajstić information content (AvgIpc) is 2.42. The summed E-state index contributed by atoms with van der Waals surface area (Å²) in [6.07, 6.45) is 0. The van der Waals surface area contributed by atoms with Crippen molar-refractivity contribution in [3.8, 4) is 0 Å². The van der Waals surface area contributed by atoms with Crippen LogP contribution in [0.1, 0.15) is 11.3 Å². The van der Waals surface area contributed by atoms with E-state index in [0.29, 0.717) is 0 Å². The van der Waals surface area contributed by atoms with E-state index in [0.717, 1.165) is 29.1 Å². The highest BCUT2D eigenvalue weighted by molar-refractivity contribution is 9.10. The van der Waals surface area contributed by atoms with Gasteiger partial charge in [-0.2, -0.15) is 0 Å². The lowest BCUT2D eigenvalue weighted by molar-refractivity contribution is 0.783. The SMILES string of the molecule is CNCc1cccc(N(C)Cc2ccc(Br)cc2)n1. The van der Waals surface area contributed by atoms with Crippen LogP contribution < -0.4 is 10.2 Å². The van der Waals surface area contributed by atoms with Crippen LogP contribution in [0.2, 0.25) is 0 Å². The molecule has 2 rings (SSSR count). The van der Waals surface area contributed by atoms with Gasteiger partial charge in [-0.15, -0.1) is 0 Å². The van der Waals surface area contributed by atoms with Gasteiger partial charge in [0.2, 0.25) is 0 Å². The van der Waals surface area contributed by atoms with Gasteiger partial charge >= 0.3 is 0 Å². The third-order valence-corrected chi connectivity index (χ3v) is 3.40. The van der Waals surface area contributed by atoms with Crippen LogP contribution in [0.4, 0.5) is 5.82 Å². The zero-order valence-electron chi connectivity index (χ0n) is 11.2. The van der Waals surface area contributed by atoms with E-state index in [2.05, 4.69) is 62.4 Å². The Morgan fingerprint density at radius 1 is 1.16 bits per heavy atom. The molecule has 0 aliphatic heterocycles. The topological polar surface area (TPSA) is 28.2 Å². The lowest BCUT2D eigenvalue weighted by Crippen LogP contribution is -2.18. The maximum atomic E-state index is 4.63. The number of anilines is 1. The Morgan fingerprint density at radius 3 is 2.58 bits per heavy atom. The number of pyridine rings is 1. The highest BCUT2D eigenvalue weighted by atomic mass is 79.9. The summed E-state index contributed by atoms with van der Waals surface area (Å²) in [5.74, 6) is 0.996. The van der Waals surface area contributed by atoms with E-state index in [1.54, 1.807) is 0 Å². The molecule has 1 heterocycles. The van der Waals surface area contributed by atoms with Crippen molar-refractivity contribution in [2.75, 3.05) is 19.0 Å². The molecule has 0 unspecified atom stereocenters. The quantitative estimate of drug-likeness (QED) is 0.917. The van der Waals surface area contributed by atoms with Crippen molar-refractivity contribution >= 4 is 21.7 Å². The number of benzene rings is 1. The second-order valence-electron chi connectivity index (χ2n) is 4.50. The standard InChI is InChI=1S/C15H18BrN3/c1-17-10-14-4-3-5-15(18-14)19(2)11-12-6-8-13(16)9-7-12/h3-9,17H,10-11H2,1-2H3. The second-order valence-corrected chi connectivity index (χ2v) is 5.42. The number of nitrogens with one attached hydrogen (secondary N) is 1. The molecule has 0 fully saturated rings. The maximum absolute atomic E-state index is 4.63. The minimum Gasteiger partial charge on any atom is -0.355 e. The van der Waals surface area contributed by atoms with Crippen LogP contribution in [-0.4, -0.2) is 19.1 Å². The number of aromatic nitrogens is 1. The van der Waals surface area contributed by atoms with Crippen LogP contribution >= 0.6 is 15.9 Å². The molecule has 1 N–H and O–H groups in total. The van der Waals surface area contributed by atoms with Crippen molar-refractivity contribution in [3.63, 3.8) is 0 Å². The molecule has 4 heteroatoms. The van der Waals surface area contributed by atoms with Crippen molar-refractivity contribution in [1.29, 1.82) is 0 Å². The zero-order chi connectivity index (χ0) is 13.7. The van der Waals surface area contributed by atoms with Crippen LogP contribution in [0.5, 0.6) is 0 Å². The highest BCUT2D eigenvalue weighted by Gasteiger charge is 2.04. The van der Waals surface area contributed by atoms with Crippen molar-refractivity contribution in [2.24, 2.45) is 0 Å². The van der Waals surface area contributed by atoms with E-state index in [-0.39, 0.29) is 0 Å². The Kier molecular flexibility index (Phi) is 4.93. The van der Waals surface area contributed by atoms with Gasteiger partial charge in [0.1, 0.15) is 5.82 Å². The molecule has 0 atom stereocenters. The predicted octanol–water partition coefficient (Wildman–Crippen LogP) is 3.20. The van der Waals surface area contributed by atoms with Crippen molar-refractivity contribution in [3.05, 3.63) is 58.2 Å². The van der Waals surface area contributed by atoms with E-state index in [1.165, 1.54) is 5.56 Å². The van der Waals surface area contributed by atoms with Crippen molar-refractivity contribution in [2.45, 2.75) is 13.1 Å². The first-order chi connectivity index (χ1) is 9.19. The molecule has 0 aliphatic rings. The Morgan fingerprint density at radius 2 is 1.89 bits per heavy atom. The fourth-order valence-corrected chi connectivity index (χ4v) is 2.17. The predicted molar refractivity (Wildman–Crippen MR) is 83.2 cm³/mol. The van der Waals surface area contributed by atoms with Gasteiger partial charge in [-0.05, 0) is 36.9 Å². The summed E-state index contributed by atoms with van der Waals surface area (Å²) in [4.78, 5) is 6.79. The van der Waals surface area contributed by atoms with E-state index in [1.807, 2.05) is 25.2 Å². The summed E-state index contributed by atoms with van der Waals surface area (Å²) in [7, 11) is 3.99. The number of hydrogen-bond donors (Lipinski definition) is 1. The molecule has 1 aromatic carbocycles. The van der Waals surface area contributed by atoms with Crippen LogP contribution in [0.15, 0.2) is 46.9 Å². The Labute approximate surface area is 122 Å². The third kappa shape index (κ3) is 4.04. The van der Waals surface area contributed by atoms with Gasteiger partial charge in [-0.1, -0.05) is 34.1 Å². The Balaban J connectivity index is 2.08. The van der Waals surface area contributed by atoms with E-state index in [4.69, 9.17) is 0 Å². The summed E-state index contributed by atoms with van der Waals surface area (Å²) in [6.45, 7) is 1.64. The zero-order valence-corrected chi connectivity index (χ0v) is 12.8. The lowest BCUT2D eigenvalue weighted by atomic mass is 10.2. The van der Waals surface area contributed by atoms with Gasteiger partial charge in [0.05, 0.1) is 5.69 Å². The van der Waals surface area contributed by atoms with E-state index in [9.17, 15) is 0 Å². The van der Waals surface area contributed by atoms with Gasteiger partial charge in [0, 0.05) is 24.6 Å². The highest BCUT2D eigenvalue weighted by Crippen LogP contribution is 2.15. The first-order valence-corrected chi connectivity index (χ1v) is 7.04. The van der Waals surface area contributed by atoms with Gasteiger partial charge in [-0.3, -0.25) is 0 Å². The number of halogens is 1. The van der Waals surface area contributed by atoms with Crippen LogP contribution in [0, 0.1) is 0 Å². The molecule has 1 aromatic heterocycles. The van der Waals surface area contributed by atoms with E-state index < -0.39 is 0 Å². The molecule has 0 saturated carbocycles. The van der Waals surface area contributed by atoms with Crippen molar-refractivity contribution in [1.82, 2.24) is 10.3 Å². The molecule has 0 saturated heterocycles. The summed E-state index contributed by atoms with van der Waals surface area (Å²) >= 11 is 3.45. The molecule has 0 amide bonds. The minimum absolute atomic E-state index is 0.792. The number of hydrogen-bond acceptors (Lipinski definition) is 3. The van der Waals surface area contributed by atoms with Crippen LogP contribution in [-0.2, 0) is 13.1 Å². The first kappa shape index (κ1) is 14.0. The molecule has 100 valence electrons. The summed E-state index contributed by atoms with van der Waals surface area (Å²) < 4.78 is 1.10. The molecular weight excluding hydrogens is 302 g/mol. The number of rotatable bonds is 5. The van der Waals surface area contributed by atoms with Gasteiger partial charge < -0.3 is 10.2 Å². The summed E-state index contributed by atoms with van der Waals surface area (Å²) in [6, 6.07) is 14.5. The normalized spacial score (nSPS) is 10.5. The van der Waals surface area contributed by atoms with Crippen LogP contribution in [0.25, 0.3) is 0 Å². The van der Waals surface area contributed by atoms with E-state index >= 15 is 0 Å². The lowest BCUT2D eigenvalue weighted by Gasteiger charge is -2.19. The smallest absolute Gasteiger partial charge is 0.128 e. The van der Waals surface area contributed by atoms with Gasteiger partial charge in [0.15, 0.2) is 0 Å². The fourth-order valence-electron chi connectivity index (χ4n) is 1.90. The minimum atomic E-state index is 0.792. The summed E-state index contributed by atoms with van der Waals surface area (Å²) in [5.41, 5.74) is 2.33. The average molecular weight is 320 g/mol. The molecule has 19 heavy (non-hydrogen) atoms. The van der Waals surface area contributed by atoms with Crippen LogP contribution in [0.3, 0.4) is 0 Å². The molecular formula is C15H18BrN3. The molecule has 0 radical (unpaired) electrons. The molecule has 0 aliphatic carbocycles. The maximum Gasteiger partial charge on any atom is 0.128 e. The Bertz CT molecular complexity index is 525. The number of nitrogens with zero attached hydrogens (tertiary/aromatic N) is 2. The summed E-state index contributed by atoms with van der Waals surface area (Å²) in [5, 5.41) is 3.12. The van der Waals surface area contributed by atoms with Gasteiger partial charge in [-0.25, -0.2) is 4.98 Å². The molecule has 0 spiro atoms. The molecule has 3 nitrogen and oxygen atoms in total. The first-order valence-electron chi connectivity index (χ1n) is 6.25. The Hall–Kier alpha value is -1.39. The molecule has 0 bridgehead atoms. The largest absolute Gasteiger partial charge is 0.355 e. The monoisotopic (exact) mass is 319 g/mol. The fraction of sp³-hybridized carbons (Fsp3) is 0.267. The third-order valence-electron chi connectivity index (χ3n) is 2.87. The molecule has 2 aromatic rings. The second kappa shape index (κ2) is 6.68. The van der Waals surface area contributed by atoms with Gasteiger partial charge in [0.25, 0.3) is 0 Å².